The lowest BCUT2D eigenvalue weighted by Crippen LogP contribution is -2.23. The van der Waals surface area contributed by atoms with Gasteiger partial charge in [-0.2, -0.15) is 10.4 Å². The van der Waals surface area contributed by atoms with Crippen molar-refractivity contribution in [2.75, 3.05) is 11.9 Å². The summed E-state index contributed by atoms with van der Waals surface area (Å²) in [6, 6.07) is 8.42. The molecule has 0 bridgehead atoms. The van der Waals surface area contributed by atoms with Crippen LogP contribution in [0.3, 0.4) is 0 Å². The Bertz CT molecular complexity index is 881. The molecule has 1 aliphatic rings. The molecular formula is C17H17N7S. The summed E-state index contributed by atoms with van der Waals surface area (Å²) in [6.45, 7) is 1.94. The van der Waals surface area contributed by atoms with Crippen molar-refractivity contribution in [3.63, 3.8) is 0 Å². The summed E-state index contributed by atoms with van der Waals surface area (Å²) in [5, 5.41) is 19.7. The topological polar surface area (TPSA) is 93.5 Å². The second-order valence-electron chi connectivity index (χ2n) is 5.95. The van der Waals surface area contributed by atoms with Crippen LogP contribution < -0.4 is 5.32 Å². The third-order valence-corrected chi connectivity index (χ3v) is 5.08. The molecule has 0 radical (unpaired) electrons. The van der Waals surface area contributed by atoms with Crippen molar-refractivity contribution in [1.82, 2.24) is 25.1 Å². The van der Waals surface area contributed by atoms with E-state index in [1.807, 2.05) is 24.5 Å². The van der Waals surface area contributed by atoms with Crippen LogP contribution in [-0.4, -0.2) is 31.6 Å². The van der Waals surface area contributed by atoms with Gasteiger partial charge in [0.15, 0.2) is 5.13 Å². The SMILES string of the molecule is N#Cc1cnc(Nc2cccc([C@@H]3CCCN3Cc3cn[nH]c3)n2)s1. The minimum atomic E-state index is 0.308. The van der Waals surface area contributed by atoms with Gasteiger partial charge in [-0.05, 0) is 31.5 Å². The zero-order chi connectivity index (χ0) is 17.1. The van der Waals surface area contributed by atoms with Gasteiger partial charge in [-0.25, -0.2) is 9.97 Å². The summed E-state index contributed by atoms with van der Waals surface area (Å²) in [4.78, 5) is 12.0. The number of aromatic amines is 1. The molecule has 4 heterocycles. The summed E-state index contributed by atoms with van der Waals surface area (Å²) in [6.07, 6.45) is 7.65. The lowest BCUT2D eigenvalue weighted by atomic mass is 10.1. The Labute approximate surface area is 149 Å². The van der Waals surface area contributed by atoms with Crippen molar-refractivity contribution in [3.05, 3.63) is 52.9 Å². The smallest absolute Gasteiger partial charge is 0.189 e. The van der Waals surface area contributed by atoms with Crippen LogP contribution in [0.1, 0.15) is 35.0 Å². The van der Waals surface area contributed by atoms with Crippen LogP contribution in [0.25, 0.3) is 0 Å². The lowest BCUT2D eigenvalue weighted by Gasteiger charge is -2.23. The number of nitrogens with one attached hydrogen (secondary N) is 2. The predicted octanol–water partition coefficient (Wildman–Crippen LogP) is 3.21. The van der Waals surface area contributed by atoms with E-state index in [4.69, 9.17) is 10.2 Å². The van der Waals surface area contributed by atoms with E-state index in [0.717, 1.165) is 31.0 Å². The van der Waals surface area contributed by atoms with Crippen LogP contribution in [0.5, 0.6) is 0 Å². The largest absolute Gasteiger partial charge is 0.316 e. The quantitative estimate of drug-likeness (QED) is 0.733. The van der Waals surface area contributed by atoms with E-state index < -0.39 is 0 Å². The van der Waals surface area contributed by atoms with Gasteiger partial charge in [-0.15, -0.1) is 0 Å². The van der Waals surface area contributed by atoms with Crippen molar-refractivity contribution in [2.24, 2.45) is 0 Å². The molecule has 1 atom stereocenters. The molecular weight excluding hydrogens is 334 g/mol. The fourth-order valence-electron chi connectivity index (χ4n) is 3.15. The summed E-state index contributed by atoms with van der Waals surface area (Å²) < 4.78 is 0. The van der Waals surface area contributed by atoms with Gasteiger partial charge >= 0.3 is 0 Å². The molecule has 0 saturated carbocycles. The molecule has 0 spiro atoms. The Morgan fingerprint density at radius 3 is 3.16 bits per heavy atom. The first-order valence-electron chi connectivity index (χ1n) is 8.13. The van der Waals surface area contributed by atoms with E-state index in [0.29, 0.717) is 16.1 Å². The molecule has 1 saturated heterocycles. The Kier molecular flexibility index (Phi) is 4.41. The molecule has 0 unspecified atom stereocenters. The van der Waals surface area contributed by atoms with Gasteiger partial charge in [0.2, 0.25) is 0 Å². The van der Waals surface area contributed by atoms with E-state index in [1.165, 1.54) is 23.3 Å². The molecule has 126 valence electrons. The highest BCUT2D eigenvalue weighted by molar-refractivity contribution is 7.16. The third-order valence-electron chi connectivity index (χ3n) is 4.27. The predicted molar refractivity (Wildman–Crippen MR) is 95.3 cm³/mol. The number of nitrogens with zero attached hydrogens (tertiary/aromatic N) is 5. The molecule has 25 heavy (non-hydrogen) atoms. The summed E-state index contributed by atoms with van der Waals surface area (Å²) in [7, 11) is 0. The van der Waals surface area contributed by atoms with Crippen molar-refractivity contribution < 1.29 is 0 Å². The van der Waals surface area contributed by atoms with E-state index in [9.17, 15) is 0 Å². The number of likely N-dealkylation sites (tertiary alicyclic amines) is 1. The van der Waals surface area contributed by atoms with Crippen LogP contribution in [0.15, 0.2) is 36.8 Å². The fraction of sp³-hybridized carbons (Fsp3) is 0.294. The molecule has 1 fully saturated rings. The second kappa shape index (κ2) is 7.01. The number of rotatable bonds is 5. The van der Waals surface area contributed by atoms with Gasteiger partial charge < -0.3 is 5.32 Å². The average Bonchev–Trinajstić information content (AvgIpc) is 3.37. The molecule has 0 amide bonds. The van der Waals surface area contributed by atoms with E-state index in [-0.39, 0.29) is 0 Å². The first-order chi connectivity index (χ1) is 12.3. The third kappa shape index (κ3) is 3.52. The van der Waals surface area contributed by atoms with E-state index >= 15 is 0 Å². The number of hydrogen-bond acceptors (Lipinski definition) is 7. The standard InChI is InChI=1S/C17H17N7S/c18-7-13-10-19-17(25-13)23-16-5-1-3-14(22-16)15-4-2-6-24(15)11-12-8-20-21-9-12/h1,3,5,8-10,15H,2,4,6,11H2,(H,20,21)(H,19,22,23)/t15-/m0/s1. The monoisotopic (exact) mass is 351 g/mol. The maximum atomic E-state index is 8.90. The van der Waals surface area contributed by atoms with Crippen molar-refractivity contribution in [3.8, 4) is 6.07 Å². The minimum absolute atomic E-state index is 0.308. The Balaban J connectivity index is 1.51. The molecule has 3 aromatic rings. The van der Waals surface area contributed by atoms with Gasteiger partial charge in [0, 0.05) is 18.3 Å². The number of nitriles is 1. The Morgan fingerprint density at radius 2 is 2.36 bits per heavy atom. The van der Waals surface area contributed by atoms with Gasteiger partial charge in [0.1, 0.15) is 16.8 Å². The highest BCUT2D eigenvalue weighted by atomic mass is 32.1. The summed E-state index contributed by atoms with van der Waals surface area (Å²) in [5.74, 6) is 0.756. The second-order valence-corrected chi connectivity index (χ2v) is 6.98. The number of pyridine rings is 1. The highest BCUT2D eigenvalue weighted by Gasteiger charge is 2.27. The minimum Gasteiger partial charge on any atom is -0.316 e. The summed E-state index contributed by atoms with van der Waals surface area (Å²) in [5.41, 5.74) is 2.25. The molecule has 4 rings (SSSR count). The fourth-order valence-corrected chi connectivity index (χ4v) is 3.77. The number of hydrogen-bond donors (Lipinski definition) is 2. The van der Waals surface area contributed by atoms with Gasteiger partial charge in [-0.1, -0.05) is 17.4 Å². The number of thiazole rings is 1. The molecule has 7 nitrogen and oxygen atoms in total. The number of H-pyrrole nitrogens is 1. The zero-order valence-electron chi connectivity index (χ0n) is 13.5. The zero-order valence-corrected chi connectivity index (χ0v) is 14.3. The Morgan fingerprint density at radius 1 is 1.40 bits per heavy atom. The molecule has 1 aliphatic heterocycles. The highest BCUT2D eigenvalue weighted by Crippen LogP contribution is 2.33. The van der Waals surface area contributed by atoms with Crippen molar-refractivity contribution >= 4 is 22.3 Å². The molecule has 2 N–H and O–H groups in total. The molecule has 3 aromatic heterocycles. The Hall–Kier alpha value is -2.76. The van der Waals surface area contributed by atoms with Gasteiger partial charge in [-0.3, -0.25) is 10.00 Å². The summed E-state index contributed by atoms with van der Waals surface area (Å²) >= 11 is 1.32. The van der Waals surface area contributed by atoms with Gasteiger partial charge in [0.25, 0.3) is 0 Å². The van der Waals surface area contributed by atoms with Crippen LogP contribution in [0, 0.1) is 11.3 Å². The average molecular weight is 351 g/mol. The van der Waals surface area contributed by atoms with Crippen LogP contribution in [-0.2, 0) is 6.54 Å². The first kappa shape index (κ1) is 15.7. The number of aromatic nitrogens is 4. The lowest BCUT2D eigenvalue weighted by molar-refractivity contribution is 0.244. The van der Waals surface area contributed by atoms with Gasteiger partial charge in [0.05, 0.1) is 24.1 Å². The number of anilines is 2. The van der Waals surface area contributed by atoms with Crippen LogP contribution in [0.2, 0.25) is 0 Å². The molecule has 0 aromatic carbocycles. The normalized spacial score (nSPS) is 17.5. The maximum Gasteiger partial charge on any atom is 0.189 e. The molecule has 0 aliphatic carbocycles. The van der Waals surface area contributed by atoms with Crippen LogP contribution in [0.4, 0.5) is 10.9 Å². The first-order valence-corrected chi connectivity index (χ1v) is 8.95. The van der Waals surface area contributed by atoms with Crippen molar-refractivity contribution in [2.45, 2.75) is 25.4 Å². The molecule has 8 heteroatoms. The van der Waals surface area contributed by atoms with Crippen LogP contribution >= 0.6 is 11.3 Å². The van der Waals surface area contributed by atoms with E-state index in [2.05, 4.69) is 37.5 Å². The van der Waals surface area contributed by atoms with E-state index in [1.54, 1.807) is 6.20 Å². The van der Waals surface area contributed by atoms with Crippen molar-refractivity contribution in [1.29, 1.82) is 5.26 Å². The maximum absolute atomic E-state index is 8.90.